The Hall–Kier alpha value is -2.85. The maximum atomic E-state index is 13.9. The molecule has 0 amide bonds. The van der Waals surface area contributed by atoms with Gasteiger partial charge in [0.2, 0.25) is 11.8 Å². The fraction of sp³-hybridized carbons (Fsp3) is 0.333. The first-order valence-electron chi connectivity index (χ1n) is 7.01. The fourth-order valence-electron chi connectivity index (χ4n) is 2.27. The Morgan fingerprint density at radius 3 is 2.28 bits per heavy atom. The van der Waals surface area contributed by atoms with Crippen molar-refractivity contribution >= 4 is 5.69 Å². The molecule has 0 spiro atoms. The highest BCUT2D eigenvalue weighted by Crippen LogP contribution is 2.34. The summed E-state index contributed by atoms with van der Waals surface area (Å²) in [5.74, 6) is -0.830. The maximum absolute atomic E-state index is 13.9. The van der Waals surface area contributed by atoms with Gasteiger partial charge in [0, 0.05) is 7.11 Å². The van der Waals surface area contributed by atoms with Crippen molar-refractivity contribution in [2.75, 3.05) is 21.3 Å². The molecule has 1 aromatic heterocycles. The van der Waals surface area contributed by atoms with Crippen LogP contribution >= 0.6 is 0 Å². The zero-order valence-corrected chi connectivity index (χ0v) is 13.7. The molecular weight excluding hydrogens is 337 g/mol. The SMILES string of the molecule is COCc1cc(F)cc(C(O)c2nc(OC)cc(OC)n2)c1[N+](=O)[O-]. The standard InChI is InChI=1S/C15H16FN3O6/c1-23-7-8-4-9(16)5-10(13(8)19(21)22)14(20)15-17-11(24-2)6-12(18-15)25-3/h4-6,14,20H,7H2,1-3H3. The van der Waals surface area contributed by atoms with Crippen LogP contribution in [-0.4, -0.2) is 41.3 Å². The van der Waals surface area contributed by atoms with E-state index in [9.17, 15) is 19.6 Å². The summed E-state index contributed by atoms with van der Waals surface area (Å²) < 4.78 is 28.7. The van der Waals surface area contributed by atoms with E-state index in [0.29, 0.717) is 0 Å². The van der Waals surface area contributed by atoms with E-state index in [0.717, 1.165) is 12.1 Å². The lowest BCUT2D eigenvalue weighted by Crippen LogP contribution is -2.12. The van der Waals surface area contributed by atoms with Crippen LogP contribution in [0.2, 0.25) is 0 Å². The lowest BCUT2D eigenvalue weighted by molar-refractivity contribution is -0.387. The van der Waals surface area contributed by atoms with Crippen LogP contribution in [-0.2, 0) is 11.3 Å². The highest BCUT2D eigenvalue weighted by molar-refractivity contribution is 5.50. The van der Waals surface area contributed by atoms with Gasteiger partial charge in [-0.05, 0) is 12.1 Å². The first-order valence-corrected chi connectivity index (χ1v) is 7.01. The second-order valence-corrected chi connectivity index (χ2v) is 4.91. The highest BCUT2D eigenvalue weighted by atomic mass is 19.1. The number of methoxy groups -OCH3 is 3. The molecule has 10 heteroatoms. The van der Waals surface area contributed by atoms with Crippen LogP contribution in [0.1, 0.15) is 23.1 Å². The fourth-order valence-corrected chi connectivity index (χ4v) is 2.27. The second-order valence-electron chi connectivity index (χ2n) is 4.91. The number of aromatic nitrogens is 2. The van der Waals surface area contributed by atoms with E-state index >= 15 is 0 Å². The average Bonchev–Trinajstić information content (AvgIpc) is 2.59. The number of ether oxygens (including phenoxy) is 3. The topological polar surface area (TPSA) is 117 Å². The number of benzene rings is 1. The summed E-state index contributed by atoms with van der Waals surface area (Å²) in [5.41, 5.74) is -0.787. The van der Waals surface area contributed by atoms with Crippen molar-refractivity contribution in [1.29, 1.82) is 0 Å². The van der Waals surface area contributed by atoms with Gasteiger partial charge in [-0.3, -0.25) is 10.1 Å². The Kier molecular flexibility index (Phi) is 5.78. The van der Waals surface area contributed by atoms with E-state index < -0.39 is 22.5 Å². The molecule has 1 unspecified atom stereocenters. The van der Waals surface area contributed by atoms with Crippen LogP contribution in [0.25, 0.3) is 0 Å². The summed E-state index contributed by atoms with van der Waals surface area (Å²) in [5, 5.41) is 22.0. The minimum Gasteiger partial charge on any atom is -0.481 e. The molecule has 0 aliphatic carbocycles. The van der Waals surface area contributed by atoms with Crippen molar-refractivity contribution < 1.29 is 28.6 Å². The molecule has 0 bridgehead atoms. The quantitative estimate of drug-likeness (QED) is 0.591. The zero-order valence-electron chi connectivity index (χ0n) is 13.7. The average molecular weight is 353 g/mol. The van der Waals surface area contributed by atoms with E-state index in [1.807, 2.05) is 0 Å². The number of halogens is 1. The zero-order chi connectivity index (χ0) is 18.6. The van der Waals surface area contributed by atoms with Crippen molar-refractivity contribution in [2.24, 2.45) is 0 Å². The summed E-state index contributed by atoms with van der Waals surface area (Å²) in [6, 6.07) is 3.20. The lowest BCUT2D eigenvalue weighted by atomic mass is 10.0. The van der Waals surface area contributed by atoms with Crippen molar-refractivity contribution in [3.8, 4) is 11.8 Å². The van der Waals surface area contributed by atoms with Gasteiger partial charge in [0.25, 0.3) is 5.69 Å². The highest BCUT2D eigenvalue weighted by Gasteiger charge is 2.29. The van der Waals surface area contributed by atoms with E-state index in [1.165, 1.54) is 27.4 Å². The number of nitro benzene ring substituents is 1. The molecule has 25 heavy (non-hydrogen) atoms. The summed E-state index contributed by atoms with van der Waals surface area (Å²) in [7, 11) is 4.01. The summed E-state index contributed by atoms with van der Waals surface area (Å²) >= 11 is 0. The van der Waals surface area contributed by atoms with Crippen LogP contribution in [0.3, 0.4) is 0 Å². The van der Waals surface area contributed by atoms with Gasteiger partial charge >= 0.3 is 0 Å². The molecular formula is C15H16FN3O6. The van der Waals surface area contributed by atoms with Gasteiger partial charge in [0.1, 0.15) is 11.9 Å². The molecule has 134 valence electrons. The molecule has 0 fully saturated rings. The van der Waals surface area contributed by atoms with Crippen LogP contribution in [0.15, 0.2) is 18.2 Å². The van der Waals surface area contributed by atoms with E-state index in [4.69, 9.17) is 14.2 Å². The minimum absolute atomic E-state index is 0.0172. The molecule has 1 heterocycles. The molecule has 9 nitrogen and oxygen atoms in total. The Balaban J connectivity index is 2.62. The van der Waals surface area contributed by atoms with Crippen molar-refractivity contribution in [1.82, 2.24) is 9.97 Å². The van der Waals surface area contributed by atoms with Crippen molar-refractivity contribution in [3.05, 3.63) is 51.1 Å². The summed E-state index contributed by atoms with van der Waals surface area (Å²) in [4.78, 5) is 18.6. The summed E-state index contributed by atoms with van der Waals surface area (Å²) in [6.07, 6.45) is -1.67. The molecule has 0 saturated heterocycles. The number of aliphatic hydroxyl groups excluding tert-OH is 1. The molecule has 1 atom stereocenters. The van der Waals surface area contributed by atoms with Crippen molar-refractivity contribution in [2.45, 2.75) is 12.7 Å². The molecule has 2 rings (SSSR count). The smallest absolute Gasteiger partial charge is 0.281 e. The van der Waals surface area contributed by atoms with Gasteiger partial charge in [0.05, 0.1) is 42.9 Å². The number of nitro groups is 1. The molecule has 0 aliphatic rings. The Morgan fingerprint density at radius 1 is 1.20 bits per heavy atom. The lowest BCUT2D eigenvalue weighted by Gasteiger charge is -2.14. The van der Waals surface area contributed by atoms with Crippen LogP contribution in [0, 0.1) is 15.9 Å². The number of aliphatic hydroxyl groups is 1. The number of hydrogen-bond donors (Lipinski definition) is 1. The Morgan fingerprint density at radius 2 is 1.80 bits per heavy atom. The largest absolute Gasteiger partial charge is 0.481 e. The van der Waals surface area contributed by atoms with Gasteiger partial charge < -0.3 is 19.3 Å². The van der Waals surface area contributed by atoms with Gasteiger partial charge in [-0.2, -0.15) is 9.97 Å². The maximum Gasteiger partial charge on any atom is 0.281 e. The molecule has 1 aromatic carbocycles. The van der Waals surface area contributed by atoms with E-state index in [2.05, 4.69) is 9.97 Å². The number of rotatable bonds is 7. The number of nitrogens with zero attached hydrogens (tertiary/aromatic N) is 3. The normalized spacial score (nSPS) is 11.9. The van der Waals surface area contributed by atoms with Gasteiger partial charge in [-0.15, -0.1) is 0 Å². The van der Waals surface area contributed by atoms with Crippen LogP contribution in [0.5, 0.6) is 11.8 Å². The molecule has 2 aromatic rings. The third kappa shape index (κ3) is 3.98. The minimum atomic E-state index is -1.67. The molecule has 1 N–H and O–H groups in total. The predicted octanol–water partition coefficient (Wildman–Crippen LogP) is 1.77. The Bertz CT molecular complexity index is 764. The van der Waals surface area contributed by atoms with Gasteiger partial charge in [-0.25, -0.2) is 4.39 Å². The predicted molar refractivity (Wildman–Crippen MR) is 83.0 cm³/mol. The third-order valence-corrected chi connectivity index (χ3v) is 3.32. The first kappa shape index (κ1) is 18.5. The molecule has 0 aliphatic heterocycles. The number of hydrogen-bond acceptors (Lipinski definition) is 8. The van der Waals surface area contributed by atoms with E-state index in [1.54, 1.807) is 0 Å². The first-order chi connectivity index (χ1) is 11.9. The summed E-state index contributed by atoms with van der Waals surface area (Å²) in [6.45, 7) is -0.198. The third-order valence-electron chi connectivity index (χ3n) is 3.32. The van der Waals surface area contributed by atoms with Gasteiger partial charge in [-0.1, -0.05) is 0 Å². The van der Waals surface area contributed by atoms with E-state index in [-0.39, 0.29) is 35.3 Å². The Labute approximate surface area is 142 Å². The monoisotopic (exact) mass is 353 g/mol. The van der Waals surface area contributed by atoms with Crippen LogP contribution < -0.4 is 9.47 Å². The molecule has 0 saturated carbocycles. The second kappa shape index (κ2) is 7.81. The molecule has 0 radical (unpaired) electrons. The van der Waals surface area contributed by atoms with Crippen molar-refractivity contribution in [3.63, 3.8) is 0 Å². The van der Waals surface area contributed by atoms with Gasteiger partial charge in [0.15, 0.2) is 5.82 Å². The van der Waals surface area contributed by atoms with Crippen LogP contribution in [0.4, 0.5) is 10.1 Å².